The fourth-order valence-corrected chi connectivity index (χ4v) is 3.03. The van der Waals surface area contributed by atoms with E-state index in [1.165, 1.54) is 12.1 Å². The molecule has 0 saturated carbocycles. The number of benzene rings is 2. The molecule has 0 spiro atoms. The average molecular weight is 319 g/mol. The first-order chi connectivity index (χ1) is 11.6. The molecule has 2 heterocycles. The Labute approximate surface area is 136 Å². The van der Waals surface area contributed by atoms with E-state index in [9.17, 15) is 14.9 Å². The summed E-state index contributed by atoms with van der Waals surface area (Å²) < 4.78 is 1.67. The molecule has 4 rings (SSSR count). The molecule has 0 fully saturated rings. The lowest BCUT2D eigenvalue weighted by Gasteiger charge is -2.05. The van der Waals surface area contributed by atoms with Crippen LogP contribution >= 0.6 is 0 Å². The molecule has 3 aromatic rings. The van der Waals surface area contributed by atoms with Crippen molar-refractivity contribution in [2.75, 3.05) is 0 Å². The van der Waals surface area contributed by atoms with Crippen LogP contribution in [0.1, 0.15) is 17.8 Å². The minimum absolute atomic E-state index is 0.0435. The molecule has 0 bridgehead atoms. The van der Waals surface area contributed by atoms with Crippen molar-refractivity contribution in [3.05, 3.63) is 80.4 Å². The van der Waals surface area contributed by atoms with E-state index >= 15 is 0 Å². The molecule has 0 aliphatic carbocycles. The van der Waals surface area contributed by atoms with E-state index in [0.29, 0.717) is 29.7 Å². The molecule has 0 N–H and O–H groups in total. The zero-order valence-corrected chi connectivity index (χ0v) is 12.7. The van der Waals surface area contributed by atoms with Gasteiger partial charge < -0.3 is 0 Å². The summed E-state index contributed by atoms with van der Waals surface area (Å²) >= 11 is 0. The molecule has 0 atom stereocenters. The molecule has 6 heteroatoms. The van der Waals surface area contributed by atoms with Crippen LogP contribution in [-0.4, -0.2) is 14.5 Å². The van der Waals surface area contributed by atoms with Gasteiger partial charge in [-0.3, -0.25) is 19.5 Å². The lowest BCUT2D eigenvalue weighted by atomic mass is 10.1. The number of aromatic nitrogens is 2. The number of fused-ring (bicyclic) bond motifs is 2. The van der Waals surface area contributed by atoms with Crippen LogP contribution in [0.2, 0.25) is 0 Å². The van der Waals surface area contributed by atoms with Gasteiger partial charge in [-0.2, -0.15) is 0 Å². The van der Waals surface area contributed by atoms with Gasteiger partial charge in [0.2, 0.25) is 0 Å². The maximum absolute atomic E-state index is 12.6. The van der Waals surface area contributed by atoms with Crippen molar-refractivity contribution in [3.8, 4) is 0 Å². The highest BCUT2D eigenvalue weighted by Gasteiger charge is 2.20. The molecule has 118 valence electrons. The molecule has 24 heavy (non-hydrogen) atoms. The minimum Gasteiger partial charge on any atom is -0.292 e. The summed E-state index contributed by atoms with van der Waals surface area (Å²) in [6, 6.07) is 13.7. The minimum atomic E-state index is -0.416. The standard InChI is InChI=1S/C18H13N3O3/c22-18-15-6-1-2-7-16(15)19-17-13(8-9-20(17)18)10-12-4-3-5-14(11-12)21(23)24/h1-7,10-11H,8-9H2. The summed E-state index contributed by atoms with van der Waals surface area (Å²) in [7, 11) is 0. The van der Waals surface area contributed by atoms with Gasteiger partial charge >= 0.3 is 0 Å². The summed E-state index contributed by atoms with van der Waals surface area (Å²) in [4.78, 5) is 27.7. The highest BCUT2D eigenvalue weighted by molar-refractivity contribution is 5.84. The number of para-hydroxylation sites is 1. The fourth-order valence-electron chi connectivity index (χ4n) is 3.03. The summed E-state index contributed by atoms with van der Waals surface area (Å²) in [5.74, 6) is 0.644. The van der Waals surface area contributed by atoms with Gasteiger partial charge in [0.1, 0.15) is 5.82 Å². The van der Waals surface area contributed by atoms with Crippen LogP contribution in [-0.2, 0) is 6.54 Å². The van der Waals surface area contributed by atoms with Gasteiger partial charge in [-0.25, -0.2) is 4.98 Å². The van der Waals surface area contributed by atoms with Crippen molar-refractivity contribution in [1.29, 1.82) is 0 Å². The lowest BCUT2D eigenvalue weighted by Crippen LogP contribution is -2.20. The van der Waals surface area contributed by atoms with Crippen molar-refractivity contribution in [2.45, 2.75) is 13.0 Å². The predicted octanol–water partition coefficient (Wildman–Crippen LogP) is 3.25. The average Bonchev–Trinajstić information content (AvgIpc) is 2.98. The molecule has 0 amide bonds. The Morgan fingerprint density at radius 3 is 2.83 bits per heavy atom. The zero-order valence-electron chi connectivity index (χ0n) is 12.7. The van der Waals surface area contributed by atoms with Gasteiger partial charge in [-0.05, 0) is 35.8 Å². The molecule has 6 nitrogen and oxygen atoms in total. The molecule has 2 aromatic carbocycles. The van der Waals surface area contributed by atoms with Gasteiger partial charge in [0.05, 0.1) is 15.8 Å². The quantitative estimate of drug-likeness (QED) is 0.536. The van der Waals surface area contributed by atoms with E-state index in [0.717, 1.165) is 11.1 Å². The highest BCUT2D eigenvalue weighted by atomic mass is 16.6. The largest absolute Gasteiger partial charge is 0.292 e. The summed E-state index contributed by atoms with van der Waals surface area (Å²) in [5, 5.41) is 11.5. The molecule has 1 aliphatic heterocycles. The van der Waals surface area contributed by atoms with E-state index in [-0.39, 0.29) is 11.2 Å². The first-order valence-electron chi connectivity index (χ1n) is 7.58. The van der Waals surface area contributed by atoms with E-state index in [1.807, 2.05) is 30.3 Å². The molecular weight excluding hydrogens is 306 g/mol. The number of rotatable bonds is 2. The third kappa shape index (κ3) is 2.28. The summed E-state index contributed by atoms with van der Waals surface area (Å²) in [6.07, 6.45) is 2.55. The van der Waals surface area contributed by atoms with Crippen molar-refractivity contribution < 1.29 is 4.92 Å². The van der Waals surface area contributed by atoms with E-state index in [1.54, 1.807) is 16.7 Å². The van der Waals surface area contributed by atoms with Crippen molar-refractivity contribution in [1.82, 2.24) is 9.55 Å². The third-order valence-corrected chi connectivity index (χ3v) is 4.18. The molecule has 0 unspecified atom stereocenters. The van der Waals surface area contributed by atoms with Crippen LogP contribution in [0.25, 0.3) is 22.6 Å². The monoisotopic (exact) mass is 319 g/mol. The normalized spacial score (nSPS) is 14.9. The zero-order chi connectivity index (χ0) is 16.7. The number of nitro groups is 1. The van der Waals surface area contributed by atoms with Crippen LogP contribution in [0.3, 0.4) is 0 Å². The summed E-state index contributed by atoms with van der Waals surface area (Å²) in [5.41, 5.74) is 2.32. The van der Waals surface area contributed by atoms with E-state index in [4.69, 9.17) is 0 Å². The van der Waals surface area contributed by atoms with Gasteiger partial charge in [0.15, 0.2) is 0 Å². The first-order valence-corrected chi connectivity index (χ1v) is 7.58. The van der Waals surface area contributed by atoms with Crippen LogP contribution in [0.4, 0.5) is 5.69 Å². The fraction of sp³-hybridized carbons (Fsp3) is 0.111. The van der Waals surface area contributed by atoms with E-state index in [2.05, 4.69) is 4.98 Å². The molecule has 0 radical (unpaired) electrons. The SMILES string of the molecule is O=c1c2ccccc2nc2n1CCC2=Cc1cccc([N+](=O)[O-])c1. The topological polar surface area (TPSA) is 78.0 Å². The molecule has 1 aromatic heterocycles. The summed E-state index contributed by atoms with van der Waals surface area (Å²) in [6.45, 7) is 0.576. The Morgan fingerprint density at radius 1 is 1.17 bits per heavy atom. The van der Waals surface area contributed by atoms with Crippen LogP contribution in [0.5, 0.6) is 0 Å². The Balaban J connectivity index is 1.86. The van der Waals surface area contributed by atoms with Crippen LogP contribution < -0.4 is 5.56 Å². The smallest absolute Gasteiger partial charge is 0.270 e. The second-order valence-corrected chi connectivity index (χ2v) is 5.68. The Morgan fingerprint density at radius 2 is 2.00 bits per heavy atom. The third-order valence-electron chi connectivity index (χ3n) is 4.18. The van der Waals surface area contributed by atoms with Crippen molar-refractivity contribution in [3.63, 3.8) is 0 Å². The Bertz CT molecular complexity index is 1070. The molecule has 1 aliphatic rings. The van der Waals surface area contributed by atoms with Crippen LogP contribution in [0, 0.1) is 10.1 Å². The number of non-ortho nitro benzene ring substituents is 1. The number of hydrogen-bond donors (Lipinski definition) is 0. The second-order valence-electron chi connectivity index (χ2n) is 5.68. The Kier molecular flexibility index (Phi) is 3.23. The maximum Gasteiger partial charge on any atom is 0.270 e. The predicted molar refractivity (Wildman–Crippen MR) is 91.6 cm³/mol. The highest BCUT2D eigenvalue weighted by Crippen LogP contribution is 2.28. The number of nitrogens with zero attached hydrogens (tertiary/aromatic N) is 3. The lowest BCUT2D eigenvalue weighted by molar-refractivity contribution is -0.384. The van der Waals surface area contributed by atoms with Crippen LogP contribution in [0.15, 0.2) is 53.3 Å². The second kappa shape index (κ2) is 5.42. The number of allylic oxidation sites excluding steroid dienone is 1. The molecule has 0 saturated heterocycles. The number of hydrogen-bond acceptors (Lipinski definition) is 4. The molecular formula is C18H13N3O3. The Hall–Kier alpha value is -3.28. The maximum atomic E-state index is 12.6. The van der Waals surface area contributed by atoms with Gasteiger partial charge in [-0.1, -0.05) is 24.3 Å². The van der Waals surface area contributed by atoms with Crippen molar-refractivity contribution in [2.24, 2.45) is 0 Å². The van der Waals surface area contributed by atoms with E-state index < -0.39 is 4.92 Å². The van der Waals surface area contributed by atoms with Gasteiger partial charge in [0.25, 0.3) is 11.2 Å². The van der Waals surface area contributed by atoms with Gasteiger partial charge in [-0.15, -0.1) is 0 Å². The van der Waals surface area contributed by atoms with Gasteiger partial charge in [0, 0.05) is 18.7 Å². The van der Waals surface area contributed by atoms with Crippen molar-refractivity contribution >= 4 is 28.2 Å². The first kappa shape index (κ1) is 14.3. The number of nitro benzene ring substituents is 1.